The number of nitro groups is 1. The van der Waals surface area contributed by atoms with Crippen LogP contribution in [0.4, 0.5) is 21.9 Å². The van der Waals surface area contributed by atoms with E-state index in [9.17, 15) is 29.3 Å². The second-order valence-corrected chi connectivity index (χ2v) is 9.39. The van der Waals surface area contributed by atoms with E-state index in [1.54, 1.807) is 31.2 Å². The van der Waals surface area contributed by atoms with E-state index in [-0.39, 0.29) is 36.1 Å². The first kappa shape index (κ1) is 29.7. The number of non-ortho nitro benzene ring substituents is 1. The molecule has 216 valence electrons. The minimum absolute atomic E-state index is 0.0866. The van der Waals surface area contributed by atoms with Crippen molar-refractivity contribution in [3.8, 4) is 17.2 Å². The third kappa shape index (κ3) is 6.55. The molecule has 1 heterocycles. The highest BCUT2D eigenvalue weighted by molar-refractivity contribution is 9.10. The number of benzene rings is 3. The maximum Gasteiger partial charge on any atom is 0.335 e. The fourth-order valence-electron chi connectivity index (χ4n) is 3.95. The highest BCUT2D eigenvalue weighted by Crippen LogP contribution is 2.38. The average molecular weight is 639 g/mol. The molecule has 0 radical (unpaired) electrons. The van der Waals surface area contributed by atoms with Gasteiger partial charge in [0.1, 0.15) is 11.3 Å². The molecule has 0 bridgehead atoms. The molecule has 5 amide bonds. The largest absolute Gasteiger partial charge is 0.495 e. The van der Waals surface area contributed by atoms with E-state index < -0.39 is 34.2 Å². The molecule has 1 saturated heterocycles. The molecule has 0 spiro atoms. The highest BCUT2D eigenvalue weighted by Gasteiger charge is 2.37. The minimum atomic E-state index is -1.05. The smallest absolute Gasteiger partial charge is 0.335 e. The molecule has 1 fully saturated rings. The number of rotatable bonds is 10. The van der Waals surface area contributed by atoms with Gasteiger partial charge < -0.3 is 19.5 Å². The van der Waals surface area contributed by atoms with Crippen molar-refractivity contribution < 1.29 is 38.3 Å². The molecule has 1 aliphatic heterocycles. The topological polar surface area (TPSA) is 166 Å². The van der Waals surface area contributed by atoms with E-state index in [4.69, 9.17) is 14.2 Å². The summed E-state index contributed by atoms with van der Waals surface area (Å²) in [6.07, 6.45) is 1.24. The summed E-state index contributed by atoms with van der Waals surface area (Å²) in [6, 6.07) is 13.7. The van der Waals surface area contributed by atoms with Crippen molar-refractivity contribution in [1.29, 1.82) is 0 Å². The van der Waals surface area contributed by atoms with Crippen LogP contribution in [0.15, 0.2) is 70.7 Å². The number of nitrogens with zero attached hydrogens (tertiary/aromatic N) is 2. The van der Waals surface area contributed by atoms with Crippen molar-refractivity contribution in [2.45, 2.75) is 6.92 Å². The van der Waals surface area contributed by atoms with Crippen LogP contribution in [-0.4, -0.2) is 49.0 Å². The number of methoxy groups -OCH3 is 1. The van der Waals surface area contributed by atoms with Gasteiger partial charge in [-0.05, 0) is 64.8 Å². The van der Waals surface area contributed by atoms with E-state index in [2.05, 4.69) is 26.6 Å². The van der Waals surface area contributed by atoms with E-state index in [0.717, 1.165) is 6.07 Å². The predicted molar refractivity (Wildman–Crippen MR) is 155 cm³/mol. The zero-order valence-electron chi connectivity index (χ0n) is 22.2. The highest BCUT2D eigenvalue weighted by atomic mass is 79.9. The lowest BCUT2D eigenvalue weighted by atomic mass is 10.1. The number of halogens is 1. The summed E-state index contributed by atoms with van der Waals surface area (Å²) in [6.45, 7) is 1.58. The second kappa shape index (κ2) is 13.0. The number of ether oxygens (including phenoxy) is 3. The van der Waals surface area contributed by atoms with Crippen LogP contribution < -0.4 is 29.7 Å². The number of nitro benzene ring substituents is 1. The third-order valence-corrected chi connectivity index (χ3v) is 6.36. The van der Waals surface area contributed by atoms with Gasteiger partial charge in [-0.2, -0.15) is 0 Å². The Morgan fingerprint density at radius 1 is 1.07 bits per heavy atom. The summed E-state index contributed by atoms with van der Waals surface area (Å²) in [7, 11) is 1.48. The summed E-state index contributed by atoms with van der Waals surface area (Å²) in [5.74, 6) is -1.51. The van der Waals surface area contributed by atoms with Crippen LogP contribution in [0.1, 0.15) is 12.5 Å². The standard InChI is InChI=1S/C28H23BrN4O9/c1-3-41-23-13-16(12-20(29)25(23)42-15-24(34)30-21-9-4-5-10-22(21)40-2)11-19-26(35)31-28(37)32(27(19)36)17-7-6-8-18(14-17)33(38)39/h4-14H,3,15H2,1-2H3,(H,30,34)(H,31,35,37)/b19-11-. The fourth-order valence-corrected chi connectivity index (χ4v) is 4.52. The summed E-state index contributed by atoms with van der Waals surface area (Å²) in [4.78, 5) is 62.1. The Balaban J connectivity index is 1.59. The number of hydrogen-bond acceptors (Lipinski definition) is 9. The molecular weight excluding hydrogens is 616 g/mol. The van der Waals surface area contributed by atoms with Crippen LogP contribution in [0.3, 0.4) is 0 Å². The number of carbonyl (C=O) groups excluding carboxylic acids is 4. The molecule has 0 saturated carbocycles. The maximum absolute atomic E-state index is 13.3. The van der Waals surface area contributed by atoms with Gasteiger partial charge >= 0.3 is 6.03 Å². The molecule has 0 aromatic heterocycles. The summed E-state index contributed by atoms with van der Waals surface area (Å²) in [5.41, 5.74) is -0.0412. The minimum Gasteiger partial charge on any atom is -0.495 e. The van der Waals surface area contributed by atoms with Crippen molar-refractivity contribution in [3.05, 3.63) is 86.4 Å². The molecule has 2 N–H and O–H groups in total. The molecule has 0 atom stereocenters. The van der Waals surface area contributed by atoms with Crippen LogP contribution in [0.5, 0.6) is 17.2 Å². The van der Waals surface area contributed by atoms with Gasteiger partial charge in [0.15, 0.2) is 18.1 Å². The number of hydrogen-bond donors (Lipinski definition) is 2. The van der Waals surface area contributed by atoms with Crippen LogP contribution in [-0.2, 0) is 14.4 Å². The summed E-state index contributed by atoms with van der Waals surface area (Å²) < 4.78 is 17.0. The number of carbonyl (C=O) groups is 4. The van der Waals surface area contributed by atoms with E-state index in [1.807, 2.05) is 0 Å². The normalized spacial score (nSPS) is 13.9. The van der Waals surface area contributed by atoms with E-state index in [1.165, 1.54) is 43.5 Å². The third-order valence-electron chi connectivity index (χ3n) is 5.77. The Bertz CT molecular complexity index is 1620. The van der Waals surface area contributed by atoms with Gasteiger partial charge in [-0.3, -0.25) is 29.8 Å². The number of barbiturate groups is 1. The van der Waals surface area contributed by atoms with Gasteiger partial charge in [0, 0.05) is 12.1 Å². The number of anilines is 2. The molecule has 13 nitrogen and oxygen atoms in total. The summed E-state index contributed by atoms with van der Waals surface area (Å²) in [5, 5.41) is 16.0. The molecule has 1 aliphatic rings. The lowest BCUT2D eigenvalue weighted by molar-refractivity contribution is -0.384. The van der Waals surface area contributed by atoms with Crippen molar-refractivity contribution in [2.75, 3.05) is 30.5 Å². The summed E-state index contributed by atoms with van der Waals surface area (Å²) >= 11 is 3.38. The molecule has 3 aromatic carbocycles. The Hall–Kier alpha value is -5.24. The van der Waals surface area contributed by atoms with Crippen LogP contribution in [0.25, 0.3) is 6.08 Å². The predicted octanol–water partition coefficient (Wildman–Crippen LogP) is 4.45. The van der Waals surface area contributed by atoms with Crippen molar-refractivity contribution in [1.82, 2.24) is 5.32 Å². The quantitative estimate of drug-likeness (QED) is 0.141. The SMILES string of the molecule is CCOc1cc(/C=C2/C(=O)NC(=O)N(c3cccc([N+](=O)[O-])c3)C2=O)cc(Br)c1OCC(=O)Nc1ccccc1OC. The maximum atomic E-state index is 13.3. The van der Waals surface area contributed by atoms with Crippen molar-refractivity contribution in [2.24, 2.45) is 0 Å². The van der Waals surface area contributed by atoms with Crippen LogP contribution in [0.2, 0.25) is 0 Å². The Kier molecular flexibility index (Phi) is 9.17. The Morgan fingerprint density at radius 2 is 1.83 bits per heavy atom. The first-order valence-corrected chi connectivity index (χ1v) is 13.1. The molecule has 0 unspecified atom stereocenters. The lowest BCUT2D eigenvalue weighted by Gasteiger charge is -2.26. The molecular formula is C28H23BrN4O9. The first-order chi connectivity index (χ1) is 20.1. The van der Waals surface area contributed by atoms with Crippen molar-refractivity contribution >= 4 is 62.8 Å². The molecule has 3 aromatic rings. The zero-order chi connectivity index (χ0) is 30.4. The van der Waals surface area contributed by atoms with Gasteiger partial charge in [0.2, 0.25) is 0 Å². The molecule has 4 rings (SSSR count). The zero-order valence-corrected chi connectivity index (χ0v) is 23.8. The molecule has 0 aliphatic carbocycles. The van der Waals surface area contributed by atoms with Gasteiger partial charge in [-0.1, -0.05) is 18.2 Å². The average Bonchev–Trinajstić information content (AvgIpc) is 2.95. The van der Waals surface area contributed by atoms with E-state index in [0.29, 0.717) is 26.4 Å². The number of para-hydroxylation sites is 2. The Labute approximate surface area is 247 Å². The second-order valence-electron chi connectivity index (χ2n) is 8.53. The van der Waals surface area contributed by atoms with Gasteiger partial charge in [0.05, 0.1) is 34.5 Å². The monoisotopic (exact) mass is 638 g/mol. The number of amides is 5. The Morgan fingerprint density at radius 3 is 2.55 bits per heavy atom. The van der Waals surface area contributed by atoms with Crippen LogP contribution >= 0.6 is 15.9 Å². The first-order valence-electron chi connectivity index (χ1n) is 12.3. The van der Waals surface area contributed by atoms with Gasteiger partial charge in [-0.15, -0.1) is 0 Å². The fraction of sp³-hybridized carbons (Fsp3) is 0.143. The van der Waals surface area contributed by atoms with Crippen LogP contribution in [0, 0.1) is 10.1 Å². The van der Waals surface area contributed by atoms with E-state index >= 15 is 0 Å². The number of imide groups is 2. The number of urea groups is 1. The number of nitrogens with one attached hydrogen (secondary N) is 2. The molecule has 14 heteroatoms. The van der Waals surface area contributed by atoms with Gasteiger partial charge in [-0.25, -0.2) is 9.69 Å². The van der Waals surface area contributed by atoms with Gasteiger partial charge in [0.25, 0.3) is 23.4 Å². The lowest BCUT2D eigenvalue weighted by Crippen LogP contribution is -2.54. The molecule has 42 heavy (non-hydrogen) atoms. The van der Waals surface area contributed by atoms with Crippen molar-refractivity contribution in [3.63, 3.8) is 0 Å².